The summed E-state index contributed by atoms with van der Waals surface area (Å²) in [6.07, 6.45) is 3.94. The Kier molecular flexibility index (Phi) is 2.70. The third-order valence-corrected chi connectivity index (χ3v) is 3.59. The first-order chi connectivity index (χ1) is 10.3. The van der Waals surface area contributed by atoms with Crippen LogP contribution in [-0.4, -0.2) is 26.2 Å². The van der Waals surface area contributed by atoms with Crippen molar-refractivity contribution in [2.75, 3.05) is 11.9 Å². The number of ether oxygens (including phenoxy) is 1. The number of fused-ring (bicyclic) bond motifs is 2. The Morgan fingerprint density at radius 1 is 1.33 bits per heavy atom. The van der Waals surface area contributed by atoms with Gasteiger partial charge in [-0.2, -0.15) is 0 Å². The summed E-state index contributed by atoms with van der Waals surface area (Å²) < 4.78 is 21.2. The fourth-order valence-electron chi connectivity index (χ4n) is 2.56. The Morgan fingerprint density at radius 2 is 2.29 bits per heavy atom. The van der Waals surface area contributed by atoms with Gasteiger partial charge in [0.2, 0.25) is 5.95 Å². The number of nitrogens with one attached hydrogen (secondary N) is 1. The molecule has 1 aromatic carbocycles. The van der Waals surface area contributed by atoms with Gasteiger partial charge in [-0.25, -0.2) is 9.37 Å². The van der Waals surface area contributed by atoms with E-state index in [-0.39, 0.29) is 5.82 Å². The summed E-state index contributed by atoms with van der Waals surface area (Å²) in [5, 5.41) is 10.9. The zero-order valence-electron chi connectivity index (χ0n) is 11.1. The van der Waals surface area contributed by atoms with Crippen molar-refractivity contribution in [2.24, 2.45) is 0 Å². The molecule has 4 rings (SSSR count). The van der Waals surface area contributed by atoms with E-state index in [1.165, 1.54) is 6.07 Å². The van der Waals surface area contributed by atoms with Crippen LogP contribution < -0.4 is 10.1 Å². The standard InChI is InChI=1S/C14H12FN5O/c15-11-1-2-12-9(4-6-21-12)10(11)7-17-14-16-5-3-13-19-18-8-20(13)14/h1-3,5,8H,4,6-7H2,(H,16,17). The van der Waals surface area contributed by atoms with E-state index in [1.54, 1.807) is 29.1 Å². The zero-order chi connectivity index (χ0) is 14.2. The summed E-state index contributed by atoms with van der Waals surface area (Å²) in [4.78, 5) is 4.24. The number of halogens is 1. The van der Waals surface area contributed by atoms with Gasteiger partial charge in [0.1, 0.15) is 17.9 Å². The molecule has 0 fully saturated rings. The minimum Gasteiger partial charge on any atom is -0.493 e. The molecule has 1 aliphatic rings. The number of nitrogens with zero attached hydrogens (tertiary/aromatic N) is 4. The molecule has 3 heterocycles. The quantitative estimate of drug-likeness (QED) is 0.795. The van der Waals surface area contributed by atoms with Crippen molar-refractivity contribution < 1.29 is 9.13 Å². The molecule has 1 aliphatic heterocycles. The van der Waals surface area contributed by atoms with Crippen LogP contribution in [0.25, 0.3) is 5.65 Å². The summed E-state index contributed by atoms with van der Waals surface area (Å²) in [6, 6.07) is 4.88. The van der Waals surface area contributed by atoms with Crippen molar-refractivity contribution in [2.45, 2.75) is 13.0 Å². The number of hydrogen-bond donors (Lipinski definition) is 1. The topological polar surface area (TPSA) is 64.3 Å². The second-order valence-corrected chi connectivity index (χ2v) is 4.78. The fourth-order valence-corrected chi connectivity index (χ4v) is 2.56. The summed E-state index contributed by atoms with van der Waals surface area (Å²) in [5.41, 5.74) is 2.24. The first kappa shape index (κ1) is 12.1. The Balaban J connectivity index is 1.66. The van der Waals surface area contributed by atoms with Crippen LogP contribution >= 0.6 is 0 Å². The highest BCUT2D eigenvalue weighted by Gasteiger charge is 2.19. The molecule has 0 bridgehead atoms. The van der Waals surface area contributed by atoms with Crippen LogP contribution in [-0.2, 0) is 13.0 Å². The van der Waals surface area contributed by atoms with Gasteiger partial charge in [-0.1, -0.05) is 0 Å². The van der Waals surface area contributed by atoms with Gasteiger partial charge in [0.15, 0.2) is 5.65 Å². The first-order valence-electron chi connectivity index (χ1n) is 6.64. The van der Waals surface area contributed by atoms with Crippen LogP contribution in [0.3, 0.4) is 0 Å². The second-order valence-electron chi connectivity index (χ2n) is 4.78. The van der Waals surface area contributed by atoms with Crippen molar-refractivity contribution in [1.82, 2.24) is 19.6 Å². The molecule has 0 unspecified atom stereocenters. The van der Waals surface area contributed by atoms with E-state index in [9.17, 15) is 4.39 Å². The molecule has 1 N–H and O–H groups in total. The van der Waals surface area contributed by atoms with Crippen molar-refractivity contribution in [3.63, 3.8) is 0 Å². The highest BCUT2D eigenvalue weighted by atomic mass is 19.1. The van der Waals surface area contributed by atoms with Gasteiger partial charge in [-0.3, -0.25) is 4.40 Å². The van der Waals surface area contributed by atoms with Gasteiger partial charge in [0.05, 0.1) is 6.61 Å². The number of hydrogen-bond acceptors (Lipinski definition) is 5. The van der Waals surface area contributed by atoms with Crippen molar-refractivity contribution in [3.05, 3.63) is 47.7 Å². The molecule has 6 nitrogen and oxygen atoms in total. The lowest BCUT2D eigenvalue weighted by Gasteiger charge is -2.11. The molecule has 7 heteroatoms. The van der Waals surface area contributed by atoms with Gasteiger partial charge >= 0.3 is 0 Å². The van der Waals surface area contributed by atoms with Crippen LogP contribution in [0.15, 0.2) is 30.7 Å². The molecule has 0 aliphatic carbocycles. The highest BCUT2D eigenvalue weighted by Crippen LogP contribution is 2.30. The molecule has 0 spiro atoms. The monoisotopic (exact) mass is 285 g/mol. The molecule has 0 saturated carbocycles. The smallest absolute Gasteiger partial charge is 0.210 e. The lowest BCUT2D eigenvalue weighted by molar-refractivity contribution is 0.356. The summed E-state index contributed by atoms with van der Waals surface area (Å²) >= 11 is 0. The molecule has 0 atom stereocenters. The molecule has 106 valence electrons. The van der Waals surface area contributed by atoms with Crippen molar-refractivity contribution in [1.29, 1.82) is 0 Å². The maximum Gasteiger partial charge on any atom is 0.210 e. The highest BCUT2D eigenvalue weighted by molar-refractivity contribution is 5.47. The Morgan fingerprint density at radius 3 is 3.24 bits per heavy atom. The number of aromatic nitrogens is 4. The zero-order valence-corrected chi connectivity index (χ0v) is 11.1. The van der Waals surface area contributed by atoms with E-state index in [0.717, 1.165) is 17.7 Å². The predicted octanol–water partition coefficient (Wildman–Crippen LogP) is 1.81. The Hall–Kier alpha value is -2.70. The number of anilines is 1. The van der Waals surface area contributed by atoms with Gasteiger partial charge < -0.3 is 10.1 Å². The third kappa shape index (κ3) is 1.97. The van der Waals surface area contributed by atoms with Crippen LogP contribution in [0.5, 0.6) is 5.75 Å². The van der Waals surface area contributed by atoms with Crippen molar-refractivity contribution >= 4 is 11.6 Å². The average molecular weight is 285 g/mol. The van der Waals surface area contributed by atoms with Gasteiger partial charge in [-0.05, 0) is 12.1 Å². The summed E-state index contributed by atoms with van der Waals surface area (Å²) in [5.74, 6) is 1.11. The summed E-state index contributed by atoms with van der Waals surface area (Å²) in [7, 11) is 0. The molecule has 2 aromatic heterocycles. The minimum atomic E-state index is -0.234. The molecule has 0 amide bonds. The minimum absolute atomic E-state index is 0.234. The van der Waals surface area contributed by atoms with Gasteiger partial charge in [0.25, 0.3) is 0 Å². The average Bonchev–Trinajstić information content (AvgIpc) is 3.14. The largest absolute Gasteiger partial charge is 0.493 e. The third-order valence-electron chi connectivity index (χ3n) is 3.59. The maximum atomic E-state index is 14.1. The molecule has 21 heavy (non-hydrogen) atoms. The van der Waals surface area contributed by atoms with Gasteiger partial charge in [0, 0.05) is 36.4 Å². The fraction of sp³-hybridized carbons (Fsp3) is 0.214. The predicted molar refractivity (Wildman–Crippen MR) is 73.7 cm³/mol. The summed E-state index contributed by atoms with van der Waals surface area (Å²) in [6.45, 7) is 0.938. The van der Waals surface area contributed by atoms with E-state index in [4.69, 9.17) is 4.74 Å². The first-order valence-corrected chi connectivity index (χ1v) is 6.64. The molecular weight excluding hydrogens is 273 g/mol. The molecule has 0 radical (unpaired) electrons. The molecule has 0 saturated heterocycles. The SMILES string of the molecule is Fc1ccc2c(c1CNc1nccc3nncn13)CCO2. The van der Waals surface area contributed by atoms with E-state index >= 15 is 0 Å². The van der Waals surface area contributed by atoms with Crippen molar-refractivity contribution in [3.8, 4) is 5.75 Å². The normalized spacial score (nSPS) is 13.2. The van der Waals surface area contributed by atoms with E-state index in [0.29, 0.717) is 30.3 Å². The van der Waals surface area contributed by atoms with E-state index in [2.05, 4.69) is 20.5 Å². The van der Waals surface area contributed by atoms with Crippen LogP contribution in [0.1, 0.15) is 11.1 Å². The van der Waals surface area contributed by atoms with Gasteiger partial charge in [-0.15, -0.1) is 10.2 Å². The lowest BCUT2D eigenvalue weighted by atomic mass is 10.0. The second kappa shape index (κ2) is 4.69. The van der Waals surface area contributed by atoms with E-state index in [1.807, 2.05) is 0 Å². The molecule has 3 aromatic rings. The van der Waals surface area contributed by atoms with Crippen LogP contribution in [0.2, 0.25) is 0 Å². The number of rotatable bonds is 3. The lowest BCUT2D eigenvalue weighted by Crippen LogP contribution is -2.09. The van der Waals surface area contributed by atoms with E-state index < -0.39 is 0 Å². The van der Waals surface area contributed by atoms with Crippen LogP contribution in [0.4, 0.5) is 10.3 Å². The number of benzene rings is 1. The Bertz CT molecular complexity index is 816. The van der Waals surface area contributed by atoms with Crippen LogP contribution in [0, 0.1) is 5.82 Å². The Labute approximate surface area is 119 Å². The maximum absolute atomic E-state index is 14.1. The molecular formula is C14H12FN5O.